The molecule has 0 aromatic heterocycles. The van der Waals surface area contributed by atoms with Gasteiger partial charge in [0.15, 0.2) is 0 Å². The molecule has 2 aliphatic carbocycles. The maximum atomic E-state index is 18.4. The van der Waals surface area contributed by atoms with Gasteiger partial charge in [-0.3, -0.25) is 0 Å². The molecule has 0 N–H and O–H groups in total. The van der Waals surface area contributed by atoms with Gasteiger partial charge >= 0.3 is 0 Å². The SMILES string of the molecule is C=CCC(F)(C1CC1C=CCC)C1(C(C)(C)C)C(CCC)(CCCC)C1(CC(C)C)C(C)C. The standard InChI is InChI=1S/C32H57F/c1-12-16-18-26-22-27(26)31(33,20-15-4)32(28(9,10)11)29(19-14-3,21-17-13-2)30(32,25(7)8)23-24(5)6/h15-16,18,24-27H,4,12-14,17,19-23H2,1-3,5-11H3. The van der Waals surface area contributed by atoms with E-state index in [1.54, 1.807) is 0 Å². The highest BCUT2D eigenvalue weighted by Gasteiger charge is 2.94. The van der Waals surface area contributed by atoms with Crippen LogP contribution in [-0.2, 0) is 0 Å². The van der Waals surface area contributed by atoms with Gasteiger partial charge in [-0.1, -0.05) is 107 Å². The van der Waals surface area contributed by atoms with Gasteiger partial charge in [-0.2, -0.15) is 0 Å². The molecule has 0 nitrogen and oxygen atoms in total. The van der Waals surface area contributed by atoms with Gasteiger partial charge in [0.25, 0.3) is 0 Å². The lowest BCUT2D eigenvalue weighted by Gasteiger charge is -2.49. The Morgan fingerprint density at radius 3 is 2.09 bits per heavy atom. The maximum Gasteiger partial charge on any atom is 0.125 e. The predicted octanol–water partition coefficient (Wildman–Crippen LogP) is 10.6. The van der Waals surface area contributed by atoms with Crippen molar-refractivity contribution in [2.75, 3.05) is 0 Å². The van der Waals surface area contributed by atoms with Crippen LogP contribution in [0, 0.1) is 45.3 Å². The molecule has 0 bridgehead atoms. The number of halogens is 1. The average Bonchev–Trinajstić information content (AvgIpc) is 3.58. The summed E-state index contributed by atoms with van der Waals surface area (Å²) in [6.45, 7) is 27.6. The van der Waals surface area contributed by atoms with Crippen molar-refractivity contribution in [3.8, 4) is 0 Å². The molecule has 6 unspecified atom stereocenters. The molecular formula is C32H57F. The molecule has 0 spiro atoms. The molecule has 0 saturated heterocycles. The van der Waals surface area contributed by atoms with Crippen LogP contribution in [0.3, 0.4) is 0 Å². The van der Waals surface area contributed by atoms with Crippen LogP contribution in [0.4, 0.5) is 4.39 Å². The van der Waals surface area contributed by atoms with E-state index in [1.165, 1.54) is 19.3 Å². The van der Waals surface area contributed by atoms with Gasteiger partial charge in [-0.15, -0.1) is 6.58 Å². The second-order valence-corrected chi connectivity index (χ2v) is 13.4. The quantitative estimate of drug-likeness (QED) is 0.226. The maximum absolute atomic E-state index is 18.4. The molecule has 2 fully saturated rings. The fourth-order valence-electron chi connectivity index (χ4n) is 9.70. The van der Waals surface area contributed by atoms with E-state index in [0.717, 1.165) is 32.1 Å². The summed E-state index contributed by atoms with van der Waals surface area (Å²) in [5.41, 5.74) is -1.58. The van der Waals surface area contributed by atoms with E-state index in [0.29, 0.717) is 24.2 Å². The molecule has 0 aromatic rings. The molecule has 0 aromatic carbocycles. The van der Waals surface area contributed by atoms with Gasteiger partial charge in [0.1, 0.15) is 5.67 Å². The Labute approximate surface area is 207 Å². The molecule has 0 heterocycles. The molecule has 0 radical (unpaired) electrons. The zero-order chi connectivity index (χ0) is 25.3. The summed E-state index contributed by atoms with van der Waals surface area (Å²) >= 11 is 0. The molecule has 1 heteroatoms. The van der Waals surface area contributed by atoms with Crippen LogP contribution in [0.25, 0.3) is 0 Å². The smallest absolute Gasteiger partial charge is 0.125 e. The number of unbranched alkanes of at least 4 members (excludes halogenated alkanes) is 1. The lowest BCUT2D eigenvalue weighted by atomic mass is 9.57. The third kappa shape index (κ3) is 4.00. The number of allylic oxidation sites excluding steroid dienone is 3. The van der Waals surface area contributed by atoms with Crippen molar-refractivity contribution < 1.29 is 4.39 Å². The summed E-state index contributed by atoms with van der Waals surface area (Å²) in [5.74, 6) is 1.55. The van der Waals surface area contributed by atoms with E-state index < -0.39 is 5.67 Å². The van der Waals surface area contributed by atoms with Gasteiger partial charge in [0.2, 0.25) is 0 Å². The molecule has 2 aliphatic rings. The highest BCUT2D eigenvalue weighted by Crippen LogP contribution is 2.96. The first-order chi connectivity index (χ1) is 15.3. The van der Waals surface area contributed by atoms with Crippen LogP contribution < -0.4 is 0 Å². The minimum absolute atomic E-state index is 0.0248. The predicted molar refractivity (Wildman–Crippen MR) is 145 cm³/mol. The monoisotopic (exact) mass is 460 g/mol. The van der Waals surface area contributed by atoms with Crippen molar-refractivity contribution in [3.63, 3.8) is 0 Å². The van der Waals surface area contributed by atoms with Crippen molar-refractivity contribution >= 4 is 0 Å². The summed E-state index contributed by atoms with van der Waals surface area (Å²) in [7, 11) is 0. The molecular weight excluding hydrogens is 403 g/mol. The van der Waals surface area contributed by atoms with Gasteiger partial charge in [0, 0.05) is 17.8 Å². The molecule has 33 heavy (non-hydrogen) atoms. The molecule has 192 valence electrons. The fourth-order valence-corrected chi connectivity index (χ4v) is 9.70. The number of alkyl halides is 1. The van der Waals surface area contributed by atoms with Crippen molar-refractivity contribution in [1.29, 1.82) is 0 Å². The van der Waals surface area contributed by atoms with Gasteiger partial charge in [0.05, 0.1) is 0 Å². The van der Waals surface area contributed by atoms with Crippen molar-refractivity contribution in [1.82, 2.24) is 0 Å². The highest BCUT2D eigenvalue weighted by molar-refractivity contribution is 5.42. The first kappa shape index (κ1) is 28.6. The Hall–Kier alpha value is -0.590. The van der Waals surface area contributed by atoms with Crippen molar-refractivity contribution in [3.05, 3.63) is 24.8 Å². The van der Waals surface area contributed by atoms with Crippen molar-refractivity contribution in [2.24, 2.45) is 45.3 Å². The van der Waals surface area contributed by atoms with E-state index in [9.17, 15) is 0 Å². The summed E-state index contributed by atoms with van der Waals surface area (Å²) in [6, 6.07) is 0. The van der Waals surface area contributed by atoms with Crippen LogP contribution in [0.5, 0.6) is 0 Å². The third-order valence-electron chi connectivity index (χ3n) is 9.76. The second kappa shape index (κ2) is 10.2. The van der Waals surface area contributed by atoms with Gasteiger partial charge < -0.3 is 0 Å². The van der Waals surface area contributed by atoms with E-state index in [-0.39, 0.29) is 27.6 Å². The topological polar surface area (TPSA) is 0 Å². The largest absolute Gasteiger partial charge is 0.243 e. The van der Waals surface area contributed by atoms with Crippen LogP contribution in [-0.4, -0.2) is 5.67 Å². The van der Waals surface area contributed by atoms with Crippen LogP contribution >= 0.6 is 0 Å². The number of hydrogen-bond acceptors (Lipinski definition) is 0. The summed E-state index contributed by atoms with van der Waals surface area (Å²) in [6.07, 6.45) is 16.0. The van der Waals surface area contributed by atoms with Gasteiger partial charge in [-0.05, 0) is 66.1 Å². The van der Waals surface area contributed by atoms with Crippen LogP contribution in [0.1, 0.15) is 127 Å². The third-order valence-corrected chi connectivity index (χ3v) is 9.76. The second-order valence-electron chi connectivity index (χ2n) is 13.4. The zero-order valence-electron chi connectivity index (χ0n) is 24.0. The summed E-state index contributed by atoms with van der Waals surface area (Å²) in [5, 5.41) is 0. The Balaban J connectivity index is 2.89. The Morgan fingerprint density at radius 2 is 1.67 bits per heavy atom. The first-order valence-corrected chi connectivity index (χ1v) is 14.3. The minimum Gasteiger partial charge on any atom is -0.243 e. The average molecular weight is 461 g/mol. The molecule has 2 rings (SSSR count). The number of rotatable bonds is 14. The molecule has 2 saturated carbocycles. The lowest BCUT2D eigenvalue weighted by Crippen LogP contribution is -2.51. The van der Waals surface area contributed by atoms with Gasteiger partial charge in [-0.25, -0.2) is 4.39 Å². The first-order valence-electron chi connectivity index (χ1n) is 14.3. The Bertz CT molecular complexity index is 681. The Morgan fingerprint density at radius 1 is 1.03 bits per heavy atom. The molecule has 6 atom stereocenters. The van der Waals surface area contributed by atoms with Crippen LogP contribution in [0.2, 0.25) is 0 Å². The van der Waals surface area contributed by atoms with E-state index >= 15 is 4.39 Å². The van der Waals surface area contributed by atoms with E-state index in [2.05, 4.69) is 88.0 Å². The van der Waals surface area contributed by atoms with Crippen molar-refractivity contribution in [2.45, 2.75) is 133 Å². The Kier molecular flexibility index (Phi) is 8.84. The highest BCUT2D eigenvalue weighted by atomic mass is 19.1. The fraction of sp³-hybridized carbons (Fsp3) is 0.875. The lowest BCUT2D eigenvalue weighted by molar-refractivity contribution is -0.0817. The molecule has 0 aliphatic heterocycles. The van der Waals surface area contributed by atoms with E-state index in [1.807, 2.05) is 6.08 Å². The summed E-state index contributed by atoms with van der Waals surface area (Å²) < 4.78 is 18.4. The minimum atomic E-state index is -1.21. The number of hydrogen-bond donors (Lipinski definition) is 0. The molecule has 0 amide bonds. The summed E-state index contributed by atoms with van der Waals surface area (Å²) in [4.78, 5) is 0. The normalized spacial score (nSPS) is 35.9. The zero-order valence-corrected chi connectivity index (χ0v) is 24.0. The van der Waals surface area contributed by atoms with E-state index in [4.69, 9.17) is 0 Å². The van der Waals surface area contributed by atoms with Crippen LogP contribution in [0.15, 0.2) is 24.8 Å².